The van der Waals surface area contributed by atoms with Crippen LogP contribution in [0.25, 0.3) is 23.6 Å². The highest BCUT2D eigenvalue weighted by Crippen LogP contribution is 2.28. The second-order valence-corrected chi connectivity index (χ2v) is 5.34. The van der Waals surface area contributed by atoms with Gasteiger partial charge in [-0.05, 0) is 42.0 Å². The molecule has 6 heteroatoms. The summed E-state index contributed by atoms with van der Waals surface area (Å²) in [5.41, 5.74) is 1.70. The van der Waals surface area contributed by atoms with Crippen molar-refractivity contribution in [1.82, 2.24) is 10.2 Å². The van der Waals surface area contributed by atoms with Gasteiger partial charge >= 0.3 is 0 Å². The van der Waals surface area contributed by atoms with Gasteiger partial charge in [0.15, 0.2) is 11.5 Å². The van der Waals surface area contributed by atoms with Gasteiger partial charge in [-0.2, -0.15) is 0 Å². The summed E-state index contributed by atoms with van der Waals surface area (Å²) in [7, 11) is 3.20. The highest BCUT2D eigenvalue weighted by Gasteiger charge is 2.07. The van der Waals surface area contributed by atoms with Crippen molar-refractivity contribution in [1.29, 1.82) is 0 Å². The van der Waals surface area contributed by atoms with Crippen molar-refractivity contribution in [3.63, 3.8) is 0 Å². The molecular weight excluding hydrogens is 328 g/mol. The van der Waals surface area contributed by atoms with Gasteiger partial charge in [-0.15, -0.1) is 10.2 Å². The lowest BCUT2D eigenvalue weighted by molar-refractivity contribution is 0.355. The molecule has 0 fully saturated rings. The van der Waals surface area contributed by atoms with Crippen LogP contribution in [0.1, 0.15) is 11.5 Å². The number of halogens is 1. The van der Waals surface area contributed by atoms with Gasteiger partial charge < -0.3 is 13.9 Å². The maximum atomic E-state index is 5.97. The van der Waals surface area contributed by atoms with Crippen molar-refractivity contribution >= 4 is 23.8 Å². The second kappa shape index (κ2) is 7.19. The van der Waals surface area contributed by atoms with Crippen LogP contribution in [0.15, 0.2) is 46.9 Å². The Hall–Kier alpha value is -2.79. The number of benzene rings is 2. The van der Waals surface area contributed by atoms with Gasteiger partial charge in [-0.3, -0.25) is 0 Å². The first-order chi connectivity index (χ1) is 11.7. The summed E-state index contributed by atoms with van der Waals surface area (Å²) in [5.74, 6) is 2.16. The van der Waals surface area contributed by atoms with E-state index >= 15 is 0 Å². The fourth-order valence-electron chi connectivity index (χ4n) is 2.16. The zero-order valence-corrected chi connectivity index (χ0v) is 13.9. The van der Waals surface area contributed by atoms with Crippen molar-refractivity contribution in [2.24, 2.45) is 0 Å². The molecule has 0 atom stereocenters. The van der Waals surface area contributed by atoms with E-state index < -0.39 is 0 Å². The molecule has 1 heterocycles. The van der Waals surface area contributed by atoms with E-state index in [9.17, 15) is 0 Å². The number of hydrogen-bond donors (Lipinski definition) is 0. The highest BCUT2D eigenvalue weighted by atomic mass is 35.5. The molecule has 0 aliphatic rings. The van der Waals surface area contributed by atoms with E-state index in [-0.39, 0.29) is 0 Å². The third kappa shape index (κ3) is 3.58. The lowest BCUT2D eigenvalue weighted by Crippen LogP contribution is -1.90. The van der Waals surface area contributed by atoms with Crippen LogP contribution in [-0.2, 0) is 0 Å². The first kappa shape index (κ1) is 16.1. The minimum absolute atomic E-state index is 0.403. The third-order valence-corrected chi connectivity index (χ3v) is 3.57. The summed E-state index contributed by atoms with van der Waals surface area (Å²) >= 11 is 5.97. The molecule has 2 aromatic carbocycles. The molecule has 0 radical (unpaired) electrons. The number of methoxy groups -OCH3 is 2. The molecule has 122 valence electrons. The molecule has 0 amide bonds. The number of rotatable bonds is 5. The van der Waals surface area contributed by atoms with Crippen molar-refractivity contribution in [3.05, 3.63) is 58.9 Å². The molecule has 3 rings (SSSR count). The Bertz CT molecular complexity index is 874. The van der Waals surface area contributed by atoms with Crippen LogP contribution >= 0.6 is 11.6 Å². The Kier molecular flexibility index (Phi) is 4.82. The maximum absolute atomic E-state index is 5.97. The van der Waals surface area contributed by atoms with Crippen molar-refractivity contribution in [3.8, 4) is 23.0 Å². The van der Waals surface area contributed by atoms with Crippen molar-refractivity contribution in [2.75, 3.05) is 14.2 Å². The van der Waals surface area contributed by atoms with E-state index in [4.69, 9.17) is 25.5 Å². The van der Waals surface area contributed by atoms with Crippen LogP contribution < -0.4 is 9.47 Å². The Morgan fingerprint density at radius 3 is 2.54 bits per heavy atom. The second-order valence-electron chi connectivity index (χ2n) is 4.90. The lowest BCUT2D eigenvalue weighted by Gasteiger charge is -2.07. The van der Waals surface area contributed by atoms with E-state index in [1.807, 2.05) is 36.4 Å². The van der Waals surface area contributed by atoms with E-state index in [1.165, 1.54) is 0 Å². The lowest BCUT2D eigenvalue weighted by atomic mass is 10.2. The summed E-state index contributed by atoms with van der Waals surface area (Å²) < 4.78 is 16.1. The normalized spacial score (nSPS) is 11.0. The monoisotopic (exact) mass is 342 g/mol. The molecule has 0 unspecified atom stereocenters. The first-order valence-corrected chi connectivity index (χ1v) is 7.57. The molecule has 24 heavy (non-hydrogen) atoms. The van der Waals surface area contributed by atoms with E-state index in [2.05, 4.69) is 10.2 Å². The van der Waals surface area contributed by atoms with Gasteiger partial charge in [-0.25, -0.2) is 0 Å². The summed E-state index contributed by atoms with van der Waals surface area (Å²) in [6, 6.07) is 12.9. The Morgan fingerprint density at radius 2 is 1.79 bits per heavy atom. The van der Waals surface area contributed by atoms with Crippen LogP contribution in [0.3, 0.4) is 0 Å². The number of ether oxygens (including phenoxy) is 2. The van der Waals surface area contributed by atoms with Gasteiger partial charge in [0.25, 0.3) is 0 Å². The topological polar surface area (TPSA) is 57.4 Å². The van der Waals surface area contributed by atoms with Gasteiger partial charge in [0.05, 0.1) is 14.2 Å². The minimum atomic E-state index is 0.403. The average Bonchev–Trinajstić information content (AvgIpc) is 3.08. The minimum Gasteiger partial charge on any atom is -0.493 e. The Morgan fingerprint density at radius 1 is 0.958 bits per heavy atom. The summed E-state index contributed by atoms with van der Waals surface area (Å²) in [5, 5.41) is 8.66. The van der Waals surface area contributed by atoms with E-state index in [1.54, 1.807) is 32.4 Å². The van der Waals surface area contributed by atoms with Crippen LogP contribution in [0.2, 0.25) is 5.02 Å². The SMILES string of the molecule is COc1ccc(/C=C/c2nnc(-c3cccc(Cl)c3)o2)cc1OC. The predicted molar refractivity (Wildman–Crippen MR) is 93.2 cm³/mol. The van der Waals surface area contributed by atoms with Crippen molar-refractivity contribution in [2.45, 2.75) is 0 Å². The smallest absolute Gasteiger partial charge is 0.248 e. The first-order valence-electron chi connectivity index (χ1n) is 7.19. The molecule has 5 nitrogen and oxygen atoms in total. The van der Waals surface area contributed by atoms with E-state index in [0.29, 0.717) is 28.3 Å². The summed E-state index contributed by atoms with van der Waals surface area (Å²) in [6.45, 7) is 0. The largest absolute Gasteiger partial charge is 0.493 e. The molecule has 0 N–H and O–H groups in total. The summed E-state index contributed by atoms with van der Waals surface area (Å²) in [6.07, 6.45) is 3.60. The highest BCUT2D eigenvalue weighted by molar-refractivity contribution is 6.30. The van der Waals surface area contributed by atoms with Crippen molar-refractivity contribution < 1.29 is 13.9 Å². The fourth-order valence-corrected chi connectivity index (χ4v) is 2.35. The third-order valence-electron chi connectivity index (χ3n) is 3.34. The van der Waals surface area contributed by atoms with Gasteiger partial charge in [0.2, 0.25) is 11.8 Å². The Balaban J connectivity index is 1.80. The standard InChI is InChI=1S/C18H15ClN2O3/c1-22-15-8-6-12(10-16(15)23-2)7-9-17-20-21-18(24-17)13-4-3-5-14(19)11-13/h3-11H,1-2H3/b9-7+. The summed E-state index contributed by atoms with van der Waals surface area (Å²) in [4.78, 5) is 0. The quantitative estimate of drug-likeness (QED) is 0.679. The van der Waals surface area contributed by atoms with Gasteiger partial charge in [-0.1, -0.05) is 23.7 Å². The number of nitrogens with zero attached hydrogens (tertiary/aromatic N) is 2. The van der Waals surface area contributed by atoms with Gasteiger partial charge in [0.1, 0.15) is 0 Å². The molecule has 3 aromatic rings. The average molecular weight is 343 g/mol. The van der Waals surface area contributed by atoms with Crippen LogP contribution in [0.4, 0.5) is 0 Å². The fraction of sp³-hybridized carbons (Fsp3) is 0.111. The molecular formula is C18H15ClN2O3. The zero-order chi connectivity index (χ0) is 16.9. The van der Waals surface area contributed by atoms with Crippen LogP contribution in [-0.4, -0.2) is 24.4 Å². The maximum Gasteiger partial charge on any atom is 0.248 e. The van der Waals surface area contributed by atoms with Gasteiger partial charge in [0, 0.05) is 16.7 Å². The molecule has 0 spiro atoms. The van der Waals surface area contributed by atoms with E-state index in [0.717, 1.165) is 11.1 Å². The number of hydrogen-bond acceptors (Lipinski definition) is 5. The predicted octanol–water partition coefficient (Wildman–Crippen LogP) is 4.58. The van der Waals surface area contributed by atoms with Crippen LogP contribution in [0.5, 0.6) is 11.5 Å². The number of aromatic nitrogens is 2. The molecule has 1 aromatic heterocycles. The molecule has 0 bridgehead atoms. The Labute approximate surface area is 144 Å². The molecule has 0 saturated carbocycles. The molecule has 0 aliphatic carbocycles. The van der Waals surface area contributed by atoms with Crippen LogP contribution in [0, 0.1) is 0 Å². The molecule has 0 saturated heterocycles. The molecule has 0 aliphatic heterocycles. The zero-order valence-electron chi connectivity index (χ0n) is 13.2.